The highest BCUT2D eigenvalue weighted by Gasteiger charge is 2.12. The number of aliphatic hydroxyl groups excluding tert-OH is 1. The van der Waals surface area contributed by atoms with Crippen LogP contribution >= 0.6 is 0 Å². The molecule has 3 heteroatoms. The second-order valence-corrected chi connectivity index (χ2v) is 4.53. The summed E-state index contributed by atoms with van der Waals surface area (Å²) in [7, 11) is 0. The van der Waals surface area contributed by atoms with E-state index in [0.29, 0.717) is 0 Å². The average Bonchev–Trinajstić information content (AvgIpc) is 2.87. The molecule has 1 N–H and O–H groups in total. The number of hydrogen-bond acceptors (Lipinski definition) is 2. The summed E-state index contributed by atoms with van der Waals surface area (Å²) in [4.78, 5) is 0. The van der Waals surface area contributed by atoms with Crippen molar-refractivity contribution in [3.8, 4) is 0 Å². The van der Waals surface area contributed by atoms with Crippen molar-refractivity contribution in [1.29, 1.82) is 0 Å². The van der Waals surface area contributed by atoms with Crippen LogP contribution in [0.3, 0.4) is 0 Å². The summed E-state index contributed by atoms with van der Waals surface area (Å²) < 4.78 is 1.87. The molecule has 0 aliphatic carbocycles. The van der Waals surface area contributed by atoms with E-state index in [0.717, 1.165) is 30.5 Å². The standard InChI is InChI=1S/C15H20N2O/c1-3-9-17-11-14(10-16-17)15(18)13-7-5-12(4-2)6-8-13/h5-8,10-11,15,18H,3-4,9H2,1-2H3. The molecule has 0 spiro atoms. The number of hydrogen-bond donors (Lipinski definition) is 1. The van der Waals surface area contributed by atoms with Crippen molar-refractivity contribution in [3.05, 3.63) is 53.3 Å². The summed E-state index contributed by atoms with van der Waals surface area (Å²) in [5.41, 5.74) is 3.06. The predicted octanol–water partition coefficient (Wildman–Crippen LogP) is 2.94. The van der Waals surface area contributed by atoms with E-state index in [1.807, 2.05) is 23.0 Å². The second kappa shape index (κ2) is 5.83. The molecule has 0 radical (unpaired) electrons. The number of benzene rings is 1. The van der Waals surface area contributed by atoms with Crippen LogP contribution in [-0.4, -0.2) is 14.9 Å². The molecule has 0 bridgehead atoms. The molecule has 2 rings (SSSR count). The van der Waals surface area contributed by atoms with Gasteiger partial charge >= 0.3 is 0 Å². The Morgan fingerprint density at radius 3 is 2.50 bits per heavy atom. The summed E-state index contributed by atoms with van der Waals surface area (Å²) in [6, 6.07) is 8.10. The minimum atomic E-state index is -0.582. The van der Waals surface area contributed by atoms with E-state index in [-0.39, 0.29) is 0 Å². The zero-order chi connectivity index (χ0) is 13.0. The van der Waals surface area contributed by atoms with Crippen LogP contribution in [0.2, 0.25) is 0 Å². The number of aromatic nitrogens is 2. The third-order valence-corrected chi connectivity index (χ3v) is 3.13. The van der Waals surface area contributed by atoms with Crippen molar-refractivity contribution >= 4 is 0 Å². The van der Waals surface area contributed by atoms with Gasteiger partial charge in [-0.1, -0.05) is 38.1 Å². The van der Waals surface area contributed by atoms with E-state index in [1.165, 1.54) is 5.56 Å². The van der Waals surface area contributed by atoms with Gasteiger partial charge in [0.05, 0.1) is 6.20 Å². The number of nitrogens with zero attached hydrogens (tertiary/aromatic N) is 2. The highest BCUT2D eigenvalue weighted by atomic mass is 16.3. The van der Waals surface area contributed by atoms with Crippen molar-refractivity contribution in [1.82, 2.24) is 9.78 Å². The lowest BCUT2D eigenvalue weighted by molar-refractivity contribution is 0.220. The smallest absolute Gasteiger partial charge is 0.107 e. The van der Waals surface area contributed by atoms with Crippen LogP contribution in [0.15, 0.2) is 36.7 Å². The molecule has 96 valence electrons. The third-order valence-electron chi connectivity index (χ3n) is 3.13. The van der Waals surface area contributed by atoms with Crippen LogP contribution in [0.4, 0.5) is 0 Å². The van der Waals surface area contributed by atoms with E-state index >= 15 is 0 Å². The predicted molar refractivity (Wildman–Crippen MR) is 72.4 cm³/mol. The van der Waals surface area contributed by atoms with Gasteiger partial charge in [-0.05, 0) is 24.0 Å². The largest absolute Gasteiger partial charge is 0.384 e. The van der Waals surface area contributed by atoms with E-state index < -0.39 is 6.10 Å². The Labute approximate surface area is 108 Å². The molecule has 1 heterocycles. The third kappa shape index (κ3) is 2.79. The van der Waals surface area contributed by atoms with E-state index in [1.54, 1.807) is 6.20 Å². The van der Waals surface area contributed by atoms with Crippen molar-refractivity contribution in [2.75, 3.05) is 0 Å². The van der Waals surface area contributed by atoms with Crippen LogP contribution in [-0.2, 0) is 13.0 Å². The van der Waals surface area contributed by atoms with E-state index in [4.69, 9.17) is 0 Å². The Morgan fingerprint density at radius 1 is 1.17 bits per heavy atom. The summed E-state index contributed by atoms with van der Waals surface area (Å²) >= 11 is 0. The maximum atomic E-state index is 10.3. The minimum Gasteiger partial charge on any atom is -0.384 e. The molecule has 2 aromatic rings. The van der Waals surface area contributed by atoms with Gasteiger partial charge < -0.3 is 5.11 Å². The summed E-state index contributed by atoms with van der Waals surface area (Å²) in [5.74, 6) is 0. The van der Waals surface area contributed by atoms with Crippen molar-refractivity contribution < 1.29 is 5.11 Å². The summed E-state index contributed by atoms with van der Waals surface area (Å²) in [6.45, 7) is 5.13. The van der Waals surface area contributed by atoms with Crippen molar-refractivity contribution in [2.45, 2.75) is 39.3 Å². The molecule has 1 unspecified atom stereocenters. The number of rotatable bonds is 5. The molecule has 0 fully saturated rings. The Morgan fingerprint density at radius 2 is 1.89 bits per heavy atom. The van der Waals surface area contributed by atoms with Crippen LogP contribution in [0, 0.1) is 0 Å². The Balaban J connectivity index is 2.15. The SMILES string of the molecule is CCCn1cc(C(O)c2ccc(CC)cc2)cn1. The van der Waals surface area contributed by atoms with Gasteiger partial charge in [-0.25, -0.2) is 0 Å². The van der Waals surface area contributed by atoms with Crippen LogP contribution in [0.5, 0.6) is 0 Å². The van der Waals surface area contributed by atoms with Gasteiger partial charge in [0, 0.05) is 18.3 Å². The molecule has 0 saturated heterocycles. The first kappa shape index (κ1) is 12.8. The van der Waals surface area contributed by atoms with E-state index in [2.05, 4.69) is 31.1 Å². The highest BCUT2D eigenvalue weighted by molar-refractivity contribution is 5.29. The van der Waals surface area contributed by atoms with E-state index in [9.17, 15) is 5.11 Å². The van der Waals surface area contributed by atoms with Crippen LogP contribution in [0.1, 0.15) is 43.1 Å². The van der Waals surface area contributed by atoms with Gasteiger partial charge in [0.15, 0.2) is 0 Å². The first-order valence-corrected chi connectivity index (χ1v) is 6.53. The average molecular weight is 244 g/mol. The lowest BCUT2D eigenvalue weighted by Gasteiger charge is -2.09. The Hall–Kier alpha value is -1.61. The lowest BCUT2D eigenvalue weighted by Crippen LogP contribution is -1.99. The molecule has 3 nitrogen and oxygen atoms in total. The first-order valence-electron chi connectivity index (χ1n) is 6.53. The van der Waals surface area contributed by atoms with Gasteiger partial charge in [0.1, 0.15) is 6.10 Å². The zero-order valence-electron chi connectivity index (χ0n) is 11.0. The Kier molecular flexibility index (Phi) is 4.15. The molecule has 0 aliphatic heterocycles. The fourth-order valence-corrected chi connectivity index (χ4v) is 2.00. The molecule has 18 heavy (non-hydrogen) atoms. The molecule has 1 aromatic heterocycles. The van der Waals surface area contributed by atoms with Gasteiger partial charge in [0.25, 0.3) is 0 Å². The molecule has 0 saturated carbocycles. The molecule has 0 aliphatic rings. The van der Waals surface area contributed by atoms with Gasteiger partial charge in [-0.2, -0.15) is 5.10 Å². The van der Waals surface area contributed by atoms with Crippen LogP contribution < -0.4 is 0 Å². The topological polar surface area (TPSA) is 38.0 Å². The first-order chi connectivity index (χ1) is 8.74. The molecule has 1 atom stereocenters. The fraction of sp³-hybridized carbons (Fsp3) is 0.400. The summed E-state index contributed by atoms with van der Waals surface area (Å²) in [6.07, 6.45) is 5.14. The minimum absolute atomic E-state index is 0.582. The van der Waals surface area contributed by atoms with Gasteiger partial charge in [-0.3, -0.25) is 4.68 Å². The maximum Gasteiger partial charge on any atom is 0.107 e. The zero-order valence-corrected chi connectivity index (χ0v) is 11.0. The van der Waals surface area contributed by atoms with Crippen molar-refractivity contribution in [2.24, 2.45) is 0 Å². The molecular formula is C15H20N2O. The van der Waals surface area contributed by atoms with Crippen molar-refractivity contribution in [3.63, 3.8) is 0 Å². The quantitative estimate of drug-likeness (QED) is 0.878. The van der Waals surface area contributed by atoms with Gasteiger partial charge in [0.2, 0.25) is 0 Å². The van der Waals surface area contributed by atoms with Gasteiger partial charge in [-0.15, -0.1) is 0 Å². The monoisotopic (exact) mass is 244 g/mol. The fourth-order valence-electron chi connectivity index (χ4n) is 2.00. The van der Waals surface area contributed by atoms with Crippen LogP contribution in [0.25, 0.3) is 0 Å². The second-order valence-electron chi connectivity index (χ2n) is 4.53. The normalized spacial score (nSPS) is 12.6. The highest BCUT2D eigenvalue weighted by Crippen LogP contribution is 2.21. The summed E-state index contributed by atoms with van der Waals surface area (Å²) in [5, 5.41) is 14.5. The maximum absolute atomic E-state index is 10.3. The number of aliphatic hydroxyl groups is 1. The molecule has 1 aromatic carbocycles. The lowest BCUT2D eigenvalue weighted by atomic mass is 10.0. The molecular weight excluding hydrogens is 224 g/mol. The molecule has 0 amide bonds. The Bertz CT molecular complexity index is 487. The number of aryl methyl sites for hydroxylation is 2.